The van der Waals surface area contributed by atoms with Crippen molar-refractivity contribution >= 4 is 45.3 Å². The fourth-order valence-corrected chi connectivity index (χ4v) is 3.02. The molecule has 0 bridgehead atoms. The molecule has 30 heavy (non-hydrogen) atoms. The number of carbonyl (C=O) groups is 1. The van der Waals surface area contributed by atoms with Gasteiger partial charge in [-0.2, -0.15) is 0 Å². The predicted molar refractivity (Wildman–Crippen MR) is 123 cm³/mol. The molecule has 0 saturated carbocycles. The van der Waals surface area contributed by atoms with E-state index in [1.807, 2.05) is 49.4 Å². The first kappa shape index (κ1) is 21.9. The van der Waals surface area contributed by atoms with Crippen molar-refractivity contribution in [1.29, 1.82) is 0 Å². The summed E-state index contributed by atoms with van der Waals surface area (Å²) in [5, 5.41) is 7.20. The minimum absolute atomic E-state index is 0.216. The third-order valence-corrected chi connectivity index (χ3v) is 4.82. The second-order valence-electron chi connectivity index (χ2n) is 6.52. The lowest BCUT2D eigenvalue weighted by Crippen LogP contribution is -2.16. The van der Waals surface area contributed by atoms with Crippen LogP contribution in [0.2, 0.25) is 5.02 Å². The van der Waals surface area contributed by atoms with E-state index in [1.165, 1.54) is 11.8 Å². The summed E-state index contributed by atoms with van der Waals surface area (Å²) >= 11 is 9.27. The zero-order chi connectivity index (χ0) is 21.3. The van der Waals surface area contributed by atoms with Crippen LogP contribution >= 0.6 is 27.5 Å². The highest BCUT2D eigenvalue weighted by atomic mass is 79.9. The van der Waals surface area contributed by atoms with Crippen LogP contribution < -0.4 is 10.1 Å². The standard InChI is InChI=1S/C23H20BrClN2O3/c1-16-2-4-17(5-3-16)14-29-22-11-6-19(24)12-18(22)13-26-30-15-23(28)27-21-9-7-20(25)8-10-21/h2-13H,14-15H2,1H3,(H,27,28). The van der Waals surface area contributed by atoms with Crippen LogP contribution in [0.1, 0.15) is 16.7 Å². The SMILES string of the molecule is Cc1ccc(COc2ccc(Br)cc2C=NOCC(=O)Nc2ccc(Cl)cc2)cc1. The zero-order valence-electron chi connectivity index (χ0n) is 16.3. The molecule has 3 rings (SSSR count). The normalized spacial score (nSPS) is 10.8. The molecule has 0 aliphatic heterocycles. The number of benzene rings is 3. The van der Waals surface area contributed by atoms with Crippen molar-refractivity contribution in [2.45, 2.75) is 13.5 Å². The molecule has 0 fully saturated rings. The van der Waals surface area contributed by atoms with Gasteiger partial charge in [0.25, 0.3) is 5.91 Å². The number of nitrogens with zero attached hydrogens (tertiary/aromatic N) is 1. The summed E-state index contributed by atoms with van der Waals surface area (Å²) in [6.45, 7) is 2.27. The Morgan fingerprint density at radius 2 is 1.83 bits per heavy atom. The second kappa shape index (κ2) is 10.8. The molecular weight excluding hydrogens is 468 g/mol. The van der Waals surface area contributed by atoms with Crippen molar-refractivity contribution in [3.05, 3.63) is 92.9 Å². The van der Waals surface area contributed by atoms with Gasteiger partial charge >= 0.3 is 0 Å². The second-order valence-corrected chi connectivity index (χ2v) is 7.87. The van der Waals surface area contributed by atoms with Crippen molar-refractivity contribution in [2.75, 3.05) is 11.9 Å². The lowest BCUT2D eigenvalue weighted by Gasteiger charge is -2.10. The fraction of sp³-hybridized carbons (Fsp3) is 0.130. The first-order chi connectivity index (χ1) is 14.5. The number of rotatable bonds is 8. The van der Waals surface area contributed by atoms with Gasteiger partial charge in [-0.25, -0.2) is 0 Å². The van der Waals surface area contributed by atoms with Crippen LogP contribution in [0.5, 0.6) is 5.75 Å². The molecule has 0 unspecified atom stereocenters. The van der Waals surface area contributed by atoms with Gasteiger partial charge in [-0.1, -0.05) is 62.5 Å². The van der Waals surface area contributed by atoms with Crippen molar-refractivity contribution in [3.8, 4) is 5.75 Å². The monoisotopic (exact) mass is 486 g/mol. The van der Waals surface area contributed by atoms with Crippen molar-refractivity contribution in [2.24, 2.45) is 5.16 Å². The maximum Gasteiger partial charge on any atom is 0.265 e. The quantitative estimate of drug-likeness (QED) is 0.314. The number of halogens is 2. The number of amides is 1. The highest BCUT2D eigenvalue weighted by Gasteiger charge is 2.05. The lowest BCUT2D eigenvalue weighted by molar-refractivity contribution is -0.120. The summed E-state index contributed by atoms with van der Waals surface area (Å²) in [7, 11) is 0. The minimum atomic E-state index is -0.320. The smallest absolute Gasteiger partial charge is 0.265 e. The van der Waals surface area contributed by atoms with Crippen molar-refractivity contribution < 1.29 is 14.4 Å². The maximum absolute atomic E-state index is 11.9. The van der Waals surface area contributed by atoms with Gasteiger partial charge < -0.3 is 14.9 Å². The summed E-state index contributed by atoms with van der Waals surface area (Å²) < 4.78 is 6.81. The van der Waals surface area contributed by atoms with Gasteiger partial charge in [0.05, 0.1) is 6.21 Å². The Bertz CT molecular complexity index is 1020. The van der Waals surface area contributed by atoms with Gasteiger partial charge in [0.2, 0.25) is 0 Å². The van der Waals surface area contributed by atoms with Gasteiger partial charge in [0, 0.05) is 20.7 Å². The summed E-state index contributed by atoms with van der Waals surface area (Å²) in [6.07, 6.45) is 1.52. The Morgan fingerprint density at radius 3 is 2.57 bits per heavy atom. The molecule has 0 heterocycles. The number of aryl methyl sites for hydroxylation is 1. The van der Waals surface area contributed by atoms with Gasteiger partial charge in [-0.3, -0.25) is 4.79 Å². The highest BCUT2D eigenvalue weighted by molar-refractivity contribution is 9.10. The van der Waals surface area contributed by atoms with E-state index in [4.69, 9.17) is 21.2 Å². The zero-order valence-corrected chi connectivity index (χ0v) is 18.6. The van der Waals surface area contributed by atoms with Crippen molar-refractivity contribution in [3.63, 3.8) is 0 Å². The largest absolute Gasteiger partial charge is 0.488 e. The fourth-order valence-electron chi connectivity index (χ4n) is 2.52. The van der Waals surface area contributed by atoms with E-state index in [0.29, 0.717) is 23.1 Å². The number of ether oxygens (including phenoxy) is 1. The predicted octanol–water partition coefficient (Wildman–Crippen LogP) is 5.98. The lowest BCUT2D eigenvalue weighted by atomic mass is 10.1. The van der Waals surface area contributed by atoms with Crippen LogP contribution in [-0.4, -0.2) is 18.7 Å². The number of hydrogen-bond acceptors (Lipinski definition) is 4. The van der Waals surface area contributed by atoms with Gasteiger partial charge in [-0.05, 0) is 55.0 Å². The average Bonchev–Trinajstić information content (AvgIpc) is 2.73. The molecule has 0 radical (unpaired) electrons. The Balaban J connectivity index is 1.55. The van der Waals surface area contributed by atoms with E-state index in [1.54, 1.807) is 24.3 Å². The van der Waals surface area contributed by atoms with Gasteiger partial charge in [0.1, 0.15) is 12.4 Å². The van der Waals surface area contributed by atoms with E-state index in [-0.39, 0.29) is 12.5 Å². The van der Waals surface area contributed by atoms with E-state index >= 15 is 0 Å². The Hall–Kier alpha value is -2.83. The number of carbonyl (C=O) groups excluding carboxylic acids is 1. The molecule has 0 spiro atoms. The van der Waals surface area contributed by atoms with Crippen LogP contribution in [0.4, 0.5) is 5.69 Å². The molecule has 0 aromatic heterocycles. The van der Waals surface area contributed by atoms with E-state index in [2.05, 4.69) is 26.4 Å². The Labute approximate surface area is 188 Å². The molecular formula is C23H20BrClN2O3. The van der Waals surface area contributed by atoms with Gasteiger partial charge in [0.15, 0.2) is 6.61 Å². The molecule has 1 N–H and O–H groups in total. The summed E-state index contributed by atoms with van der Waals surface area (Å²) in [5.74, 6) is 0.344. The van der Waals surface area contributed by atoms with Crippen LogP contribution in [0.15, 0.2) is 76.4 Å². The topological polar surface area (TPSA) is 59.9 Å². The van der Waals surface area contributed by atoms with Gasteiger partial charge in [-0.15, -0.1) is 0 Å². The number of hydrogen-bond donors (Lipinski definition) is 1. The summed E-state index contributed by atoms with van der Waals surface area (Å²) in [6, 6.07) is 20.6. The van der Waals surface area contributed by atoms with E-state index in [9.17, 15) is 4.79 Å². The molecule has 0 saturated heterocycles. The molecule has 3 aromatic carbocycles. The Morgan fingerprint density at radius 1 is 1.10 bits per heavy atom. The maximum atomic E-state index is 11.9. The molecule has 0 aliphatic carbocycles. The molecule has 7 heteroatoms. The average molecular weight is 488 g/mol. The van der Waals surface area contributed by atoms with Crippen LogP contribution in [0.3, 0.4) is 0 Å². The Kier molecular flexibility index (Phi) is 7.88. The highest BCUT2D eigenvalue weighted by Crippen LogP contribution is 2.23. The molecule has 3 aromatic rings. The van der Waals surface area contributed by atoms with E-state index in [0.717, 1.165) is 15.6 Å². The minimum Gasteiger partial charge on any atom is -0.488 e. The third-order valence-electron chi connectivity index (χ3n) is 4.08. The molecule has 5 nitrogen and oxygen atoms in total. The first-order valence-electron chi connectivity index (χ1n) is 9.18. The van der Waals surface area contributed by atoms with Crippen LogP contribution in [0, 0.1) is 6.92 Å². The summed E-state index contributed by atoms with van der Waals surface area (Å²) in [5.41, 5.74) is 3.64. The molecule has 1 amide bonds. The molecule has 0 atom stereocenters. The van der Waals surface area contributed by atoms with Crippen molar-refractivity contribution in [1.82, 2.24) is 0 Å². The first-order valence-corrected chi connectivity index (χ1v) is 10.4. The molecule has 0 aliphatic rings. The van der Waals surface area contributed by atoms with Crippen LogP contribution in [-0.2, 0) is 16.2 Å². The number of nitrogens with one attached hydrogen (secondary N) is 1. The van der Waals surface area contributed by atoms with Crippen LogP contribution in [0.25, 0.3) is 0 Å². The number of oxime groups is 1. The van der Waals surface area contributed by atoms with E-state index < -0.39 is 0 Å². The summed E-state index contributed by atoms with van der Waals surface area (Å²) in [4.78, 5) is 17.1. The third kappa shape index (κ3) is 6.90. The number of anilines is 1. The molecule has 154 valence electrons.